The fourth-order valence-electron chi connectivity index (χ4n) is 7.44. The number of carbonyl (C=O) groups excluding carboxylic acids is 1. The van der Waals surface area contributed by atoms with Gasteiger partial charge in [0, 0.05) is 11.8 Å². The maximum atomic E-state index is 12.5. The molecule has 0 saturated heterocycles. The Bertz CT molecular complexity index is 503. The van der Waals surface area contributed by atoms with Crippen LogP contribution in [0.25, 0.3) is 0 Å². The summed E-state index contributed by atoms with van der Waals surface area (Å²) in [6, 6.07) is 0. The highest BCUT2D eigenvalue weighted by atomic mass is 16.5. The minimum atomic E-state index is -0.00812. The Morgan fingerprint density at radius 3 is 2.67 bits per heavy atom. The molecule has 0 amide bonds. The van der Waals surface area contributed by atoms with E-state index in [-0.39, 0.29) is 12.0 Å². The molecule has 3 heteroatoms. The zero-order valence-electron chi connectivity index (χ0n) is 15.4. The van der Waals surface area contributed by atoms with Gasteiger partial charge < -0.3 is 9.84 Å². The van der Waals surface area contributed by atoms with E-state index < -0.39 is 0 Å². The SMILES string of the molecule is CC12CCC3C(CCC4CCC(OCCO)CC43C)C1CCC2=O. The van der Waals surface area contributed by atoms with Crippen LogP contribution in [-0.4, -0.2) is 30.2 Å². The molecule has 24 heavy (non-hydrogen) atoms. The molecule has 4 saturated carbocycles. The van der Waals surface area contributed by atoms with Crippen LogP contribution < -0.4 is 0 Å². The first-order valence-corrected chi connectivity index (χ1v) is 10.2. The van der Waals surface area contributed by atoms with Crippen LogP contribution in [0.3, 0.4) is 0 Å². The molecule has 4 fully saturated rings. The molecule has 4 aliphatic carbocycles. The van der Waals surface area contributed by atoms with E-state index in [1.807, 2.05) is 0 Å². The number of Topliss-reactive ketones (excluding diaryl/α,β-unsaturated/α-hetero) is 1. The van der Waals surface area contributed by atoms with Gasteiger partial charge in [-0.2, -0.15) is 0 Å². The van der Waals surface area contributed by atoms with Gasteiger partial charge in [0.15, 0.2) is 0 Å². The third kappa shape index (κ3) is 2.41. The second kappa shape index (κ2) is 6.09. The van der Waals surface area contributed by atoms with Crippen LogP contribution in [0.2, 0.25) is 0 Å². The molecular formula is C21H34O3. The van der Waals surface area contributed by atoms with Gasteiger partial charge in [-0.05, 0) is 80.5 Å². The lowest BCUT2D eigenvalue weighted by atomic mass is 9.45. The van der Waals surface area contributed by atoms with Crippen molar-refractivity contribution in [1.29, 1.82) is 0 Å². The van der Waals surface area contributed by atoms with Crippen molar-refractivity contribution < 1.29 is 14.6 Å². The molecule has 0 heterocycles. The van der Waals surface area contributed by atoms with E-state index in [2.05, 4.69) is 13.8 Å². The summed E-state index contributed by atoms with van der Waals surface area (Å²) in [6.45, 7) is 5.41. The van der Waals surface area contributed by atoms with E-state index in [0.717, 1.165) is 49.9 Å². The van der Waals surface area contributed by atoms with Crippen molar-refractivity contribution in [3.63, 3.8) is 0 Å². The van der Waals surface area contributed by atoms with E-state index in [4.69, 9.17) is 9.84 Å². The summed E-state index contributed by atoms with van der Waals surface area (Å²) in [7, 11) is 0. The van der Waals surface area contributed by atoms with Crippen molar-refractivity contribution in [3.05, 3.63) is 0 Å². The molecule has 136 valence electrons. The molecule has 0 bridgehead atoms. The molecule has 0 aromatic heterocycles. The van der Waals surface area contributed by atoms with Gasteiger partial charge in [0.05, 0.1) is 19.3 Å². The summed E-state index contributed by atoms with van der Waals surface area (Å²) in [4.78, 5) is 12.5. The molecule has 4 rings (SSSR count). The first kappa shape index (κ1) is 17.0. The predicted octanol–water partition coefficient (Wildman–Crippen LogP) is 3.98. The normalized spacial score (nSPS) is 51.0. The van der Waals surface area contributed by atoms with Crippen molar-refractivity contribution >= 4 is 5.78 Å². The van der Waals surface area contributed by atoms with Crippen LogP contribution in [-0.2, 0) is 9.53 Å². The topological polar surface area (TPSA) is 46.5 Å². The van der Waals surface area contributed by atoms with Crippen molar-refractivity contribution in [3.8, 4) is 0 Å². The van der Waals surface area contributed by atoms with Gasteiger partial charge in [-0.3, -0.25) is 4.79 Å². The molecule has 7 atom stereocenters. The summed E-state index contributed by atoms with van der Waals surface area (Å²) >= 11 is 0. The first-order valence-electron chi connectivity index (χ1n) is 10.2. The Morgan fingerprint density at radius 2 is 1.88 bits per heavy atom. The van der Waals surface area contributed by atoms with Gasteiger partial charge >= 0.3 is 0 Å². The largest absolute Gasteiger partial charge is 0.394 e. The molecule has 3 nitrogen and oxygen atoms in total. The number of rotatable bonds is 3. The van der Waals surface area contributed by atoms with Crippen LogP contribution in [0.5, 0.6) is 0 Å². The lowest BCUT2D eigenvalue weighted by molar-refractivity contribution is -0.148. The van der Waals surface area contributed by atoms with E-state index in [1.165, 1.54) is 25.7 Å². The van der Waals surface area contributed by atoms with Gasteiger partial charge in [-0.15, -0.1) is 0 Å². The Kier molecular flexibility index (Phi) is 4.32. The molecular weight excluding hydrogens is 300 g/mol. The number of carbonyl (C=O) groups is 1. The average Bonchev–Trinajstić information content (AvgIpc) is 2.87. The van der Waals surface area contributed by atoms with Crippen molar-refractivity contribution in [2.75, 3.05) is 13.2 Å². The van der Waals surface area contributed by atoms with E-state index in [1.54, 1.807) is 0 Å². The summed E-state index contributed by atoms with van der Waals surface area (Å²) in [5.74, 6) is 3.56. The second-order valence-electron chi connectivity index (χ2n) is 9.57. The third-order valence-corrected chi connectivity index (χ3v) is 8.72. The predicted molar refractivity (Wildman–Crippen MR) is 93.6 cm³/mol. The fourth-order valence-corrected chi connectivity index (χ4v) is 7.44. The quantitative estimate of drug-likeness (QED) is 0.849. The highest BCUT2D eigenvalue weighted by molar-refractivity contribution is 5.87. The van der Waals surface area contributed by atoms with Gasteiger partial charge in [-0.25, -0.2) is 0 Å². The minimum Gasteiger partial charge on any atom is -0.394 e. The Morgan fingerprint density at radius 1 is 1.08 bits per heavy atom. The van der Waals surface area contributed by atoms with Gasteiger partial charge in [-0.1, -0.05) is 13.8 Å². The lowest BCUT2D eigenvalue weighted by Gasteiger charge is -2.60. The second-order valence-corrected chi connectivity index (χ2v) is 9.57. The van der Waals surface area contributed by atoms with Crippen LogP contribution >= 0.6 is 0 Å². The highest BCUT2D eigenvalue weighted by Gasteiger charge is 2.60. The Balaban J connectivity index is 1.56. The number of aliphatic hydroxyl groups is 1. The number of aliphatic hydroxyl groups excluding tert-OH is 1. The third-order valence-electron chi connectivity index (χ3n) is 8.72. The summed E-state index contributed by atoms with van der Waals surface area (Å²) in [5.41, 5.74) is 0.375. The fraction of sp³-hybridized carbons (Fsp3) is 0.952. The molecule has 0 aromatic rings. The zero-order valence-corrected chi connectivity index (χ0v) is 15.4. The number of hydrogen-bond donors (Lipinski definition) is 1. The van der Waals surface area contributed by atoms with E-state index >= 15 is 0 Å². The van der Waals surface area contributed by atoms with Crippen molar-refractivity contribution in [1.82, 2.24) is 0 Å². The zero-order chi connectivity index (χ0) is 16.9. The number of ether oxygens (including phenoxy) is 1. The van der Waals surface area contributed by atoms with Crippen LogP contribution in [0.4, 0.5) is 0 Å². The number of ketones is 1. The maximum Gasteiger partial charge on any atom is 0.139 e. The minimum absolute atomic E-state index is 0.00812. The standard InChI is InChI=1S/C21H34O3/c1-20-10-9-18-16(17(20)7-8-19(20)23)6-4-14-3-5-15(24-12-11-22)13-21(14,18)2/h14-18,22H,3-13H2,1-2H3. The number of hydrogen-bond acceptors (Lipinski definition) is 3. The van der Waals surface area contributed by atoms with Crippen molar-refractivity contribution in [2.45, 2.75) is 77.7 Å². The van der Waals surface area contributed by atoms with Crippen LogP contribution in [0.1, 0.15) is 71.6 Å². The van der Waals surface area contributed by atoms with Crippen molar-refractivity contribution in [2.24, 2.45) is 34.5 Å². The first-order chi connectivity index (χ1) is 11.5. The number of fused-ring (bicyclic) bond motifs is 5. The molecule has 0 spiro atoms. The van der Waals surface area contributed by atoms with E-state index in [9.17, 15) is 4.79 Å². The monoisotopic (exact) mass is 334 g/mol. The molecule has 7 unspecified atom stereocenters. The maximum absolute atomic E-state index is 12.5. The lowest BCUT2D eigenvalue weighted by Crippen LogP contribution is -2.54. The molecule has 0 radical (unpaired) electrons. The van der Waals surface area contributed by atoms with Gasteiger partial charge in [0.2, 0.25) is 0 Å². The molecule has 0 aliphatic heterocycles. The summed E-state index contributed by atoms with van der Waals surface area (Å²) in [5, 5.41) is 9.08. The summed E-state index contributed by atoms with van der Waals surface area (Å²) in [6.07, 6.45) is 11.0. The highest BCUT2D eigenvalue weighted by Crippen LogP contribution is 2.65. The smallest absolute Gasteiger partial charge is 0.139 e. The van der Waals surface area contributed by atoms with Gasteiger partial charge in [0.1, 0.15) is 5.78 Å². The van der Waals surface area contributed by atoms with Crippen LogP contribution in [0.15, 0.2) is 0 Å². The summed E-state index contributed by atoms with van der Waals surface area (Å²) < 4.78 is 5.95. The van der Waals surface area contributed by atoms with Gasteiger partial charge in [0.25, 0.3) is 0 Å². The Labute approximate surface area is 146 Å². The molecule has 1 N–H and O–H groups in total. The van der Waals surface area contributed by atoms with Crippen LogP contribution in [0, 0.1) is 34.5 Å². The van der Waals surface area contributed by atoms with E-state index in [0.29, 0.717) is 29.8 Å². The molecule has 0 aromatic carbocycles. The Hall–Kier alpha value is -0.410. The molecule has 4 aliphatic rings. The average molecular weight is 335 g/mol.